The van der Waals surface area contributed by atoms with Gasteiger partial charge in [-0.1, -0.05) is 5.21 Å². The second kappa shape index (κ2) is 6.39. The van der Waals surface area contributed by atoms with Gasteiger partial charge >= 0.3 is 0 Å². The molecule has 7 nitrogen and oxygen atoms in total. The molecule has 0 amide bonds. The molecule has 22 heavy (non-hydrogen) atoms. The number of aryl methyl sites for hydroxylation is 2. The summed E-state index contributed by atoms with van der Waals surface area (Å²) in [5.74, 6) is 0.519. The fourth-order valence-electron chi connectivity index (χ4n) is 2.95. The first-order chi connectivity index (χ1) is 10.6. The number of nitrogens with zero attached hydrogens (tertiary/aromatic N) is 6. The van der Waals surface area contributed by atoms with Crippen LogP contribution >= 0.6 is 0 Å². The van der Waals surface area contributed by atoms with E-state index < -0.39 is 0 Å². The minimum Gasteiger partial charge on any atom is -0.297 e. The van der Waals surface area contributed by atoms with Crippen LogP contribution in [-0.4, -0.2) is 42.8 Å². The topological polar surface area (TPSA) is 68.8 Å². The van der Waals surface area contributed by atoms with Crippen LogP contribution in [0, 0.1) is 12.8 Å². The first kappa shape index (κ1) is 14.9. The van der Waals surface area contributed by atoms with Gasteiger partial charge in [0.1, 0.15) is 0 Å². The van der Waals surface area contributed by atoms with Crippen LogP contribution in [-0.2, 0) is 20.1 Å². The van der Waals surface area contributed by atoms with Gasteiger partial charge in [-0.2, -0.15) is 5.10 Å². The number of likely N-dealkylation sites (tertiary alicyclic amines) is 1. The van der Waals surface area contributed by atoms with Crippen molar-refractivity contribution in [2.75, 3.05) is 13.1 Å². The molecule has 0 spiro atoms. The van der Waals surface area contributed by atoms with Crippen molar-refractivity contribution in [2.45, 2.75) is 32.9 Å². The van der Waals surface area contributed by atoms with E-state index in [0.29, 0.717) is 5.92 Å². The third kappa shape index (κ3) is 3.59. The Balaban J connectivity index is 1.53. The van der Waals surface area contributed by atoms with Gasteiger partial charge in [-0.25, -0.2) is 4.68 Å². The quantitative estimate of drug-likeness (QED) is 0.827. The lowest BCUT2D eigenvalue weighted by molar-refractivity contribution is 0.162. The number of piperidine rings is 1. The highest BCUT2D eigenvalue weighted by molar-refractivity contribution is 4.97. The molecule has 0 unspecified atom stereocenters. The molecule has 1 fully saturated rings. The van der Waals surface area contributed by atoms with Gasteiger partial charge in [-0.3, -0.25) is 14.4 Å². The Morgan fingerprint density at radius 1 is 1.27 bits per heavy atom. The van der Waals surface area contributed by atoms with Crippen molar-refractivity contribution in [1.29, 1.82) is 0 Å². The Bertz CT molecular complexity index is 683. The highest BCUT2D eigenvalue weighted by Crippen LogP contribution is 2.19. The van der Waals surface area contributed by atoms with E-state index >= 15 is 0 Å². The van der Waals surface area contributed by atoms with Crippen molar-refractivity contribution in [3.05, 3.63) is 40.1 Å². The van der Waals surface area contributed by atoms with Crippen LogP contribution in [0.5, 0.6) is 0 Å². The number of aromatic nitrogens is 5. The lowest BCUT2D eigenvalue weighted by Crippen LogP contribution is -2.36. The maximum Gasteiger partial charge on any atom is 0.266 e. The van der Waals surface area contributed by atoms with Crippen LogP contribution in [0.3, 0.4) is 0 Å². The van der Waals surface area contributed by atoms with E-state index in [2.05, 4.69) is 20.3 Å². The van der Waals surface area contributed by atoms with Gasteiger partial charge in [0.15, 0.2) is 0 Å². The molecule has 0 bridgehead atoms. The second-order valence-electron chi connectivity index (χ2n) is 6.10. The minimum absolute atomic E-state index is 0.00686. The first-order valence-corrected chi connectivity index (χ1v) is 7.72. The fourth-order valence-corrected chi connectivity index (χ4v) is 2.95. The van der Waals surface area contributed by atoms with E-state index in [1.165, 1.54) is 0 Å². The Morgan fingerprint density at radius 3 is 2.73 bits per heavy atom. The average Bonchev–Trinajstić information content (AvgIpc) is 2.90. The molecule has 1 saturated heterocycles. The average molecular weight is 302 g/mol. The molecule has 0 aromatic carbocycles. The summed E-state index contributed by atoms with van der Waals surface area (Å²) in [6.07, 6.45) is 4.13. The van der Waals surface area contributed by atoms with E-state index in [0.717, 1.165) is 50.4 Å². The molecule has 0 N–H and O–H groups in total. The van der Waals surface area contributed by atoms with Gasteiger partial charge in [0.05, 0.1) is 11.4 Å². The summed E-state index contributed by atoms with van der Waals surface area (Å²) in [5.41, 5.74) is 1.89. The molecular formula is C15H22N6O. The highest BCUT2D eigenvalue weighted by Gasteiger charge is 2.21. The van der Waals surface area contributed by atoms with Crippen molar-refractivity contribution < 1.29 is 0 Å². The number of hydrogen-bond acceptors (Lipinski definition) is 5. The molecule has 7 heteroatoms. The van der Waals surface area contributed by atoms with Crippen molar-refractivity contribution in [3.63, 3.8) is 0 Å². The van der Waals surface area contributed by atoms with E-state index in [4.69, 9.17) is 0 Å². The third-order valence-electron chi connectivity index (χ3n) is 4.17. The molecule has 0 saturated carbocycles. The predicted molar refractivity (Wildman–Crippen MR) is 82.2 cm³/mol. The lowest BCUT2D eigenvalue weighted by atomic mass is 9.97. The summed E-state index contributed by atoms with van der Waals surface area (Å²) in [6, 6.07) is 3.37. The Kier molecular flexibility index (Phi) is 4.33. The third-order valence-corrected chi connectivity index (χ3v) is 4.17. The second-order valence-corrected chi connectivity index (χ2v) is 6.10. The van der Waals surface area contributed by atoms with Gasteiger partial charge in [-0.05, 0) is 44.8 Å². The molecule has 0 atom stereocenters. The smallest absolute Gasteiger partial charge is 0.266 e. The normalized spacial score (nSPS) is 17.0. The minimum atomic E-state index is -0.00686. The molecule has 3 rings (SSSR count). The van der Waals surface area contributed by atoms with Gasteiger partial charge in [-0.15, -0.1) is 5.10 Å². The van der Waals surface area contributed by atoms with Gasteiger partial charge < -0.3 is 0 Å². The molecule has 0 aliphatic carbocycles. The molecule has 1 aliphatic rings. The highest BCUT2D eigenvalue weighted by atomic mass is 16.1. The molecule has 3 heterocycles. The summed E-state index contributed by atoms with van der Waals surface area (Å²) in [6.45, 7) is 5.55. The molecule has 2 aromatic heterocycles. The van der Waals surface area contributed by atoms with Crippen LogP contribution in [0.15, 0.2) is 23.1 Å². The summed E-state index contributed by atoms with van der Waals surface area (Å²) in [7, 11) is 1.88. The maximum absolute atomic E-state index is 11.8. The lowest BCUT2D eigenvalue weighted by Gasteiger charge is -2.31. The SMILES string of the molecule is Cc1ccc(=O)n(CC2CCN(Cc3cn(C)nn3)CC2)n1. The summed E-state index contributed by atoms with van der Waals surface area (Å²) >= 11 is 0. The van der Waals surface area contributed by atoms with Crippen molar-refractivity contribution in [3.8, 4) is 0 Å². The number of hydrogen-bond donors (Lipinski definition) is 0. The zero-order chi connectivity index (χ0) is 15.5. The Morgan fingerprint density at radius 2 is 2.05 bits per heavy atom. The monoisotopic (exact) mass is 302 g/mol. The van der Waals surface area contributed by atoms with Gasteiger partial charge in [0.25, 0.3) is 5.56 Å². The summed E-state index contributed by atoms with van der Waals surface area (Å²) < 4.78 is 3.34. The first-order valence-electron chi connectivity index (χ1n) is 7.72. The van der Waals surface area contributed by atoms with Crippen LogP contribution in [0.2, 0.25) is 0 Å². The van der Waals surface area contributed by atoms with E-state index in [1.54, 1.807) is 21.5 Å². The van der Waals surface area contributed by atoms with Crippen molar-refractivity contribution >= 4 is 0 Å². The van der Waals surface area contributed by atoms with E-state index in [-0.39, 0.29) is 5.56 Å². The van der Waals surface area contributed by atoms with Crippen LogP contribution in [0.4, 0.5) is 0 Å². The molecule has 118 valence electrons. The Hall–Kier alpha value is -2.02. The zero-order valence-electron chi connectivity index (χ0n) is 13.1. The van der Waals surface area contributed by atoms with Crippen molar-refractivity contribution in [2.24, 2.45) is 13.0 Å². The fraction of sp³-hybridized carbons (Fsp3) is 0.600. The van der Waals surface area contributed by atoms with Crippen LogP contribution in [0.25, 0.3) is 0 Å². The number of rotatable bonds is 4. The Labute approximate surface area is 129 Å². The summed E-state index contributed by atoms with van der Waals surface area (Å²) in [5, 5.41) is 12.4. The molecule has 0 radical (unpaired) electrons. The maximum atomic E-state index is 11.8. The molecule has 2 aromatic rings. The standard InChI is InChI=1S/C15H22N6O/c1-12-3-4-15(22)21(17-12)9-13-5-7-20(8-6-13)11-14-10-19(2)18-16-14/h3-4,10,13H,5-9,11H2,1-2H3. The van der Waals surface area contributed by atoms with Gasteiger partial charge in [0, 0.05) is 32.4 Å². The molecular weight excluding hydrogens is 280 g/mol. The summed E-state index contributed by atoms with van der Waals surface area (Å²) in [4.78, 5) is 14.2. The van der Waals surface area contributed by atoms with Gasteiger partial charge in [0.2, 0.25) is 0 Å². The van der Waals surface area contributed by atoms with Crippen molar-refractivity contribution in [1.82, 2.24) is 29.7 Å². The van der Waals surface area contributed by atoms with Crippen LogP contribution < -0.4 is 5.56 Å². The zero-order valence-corrected chi connectivity index (χ0v) is 13.1. The predicted octanol–water partition coefficient (Wildman–Crippen LogP) is 0.592. The van der Waals surface area contributed by atoms with E-state index in [9.17, 15) is 4.79 Å². The molecule has 1 aliphatic heterocycles. The van der Waals surface area contributed by atoms with Crippen LogP contribution in [0.1, 0.15) is 24.2 Å². The largest absolute Gasteiger partial charge is 0.297 e. The van der Waals surface area contributed by atoms with E-state index in [1.807, 2.05) is 20.2 Å².